The third-order valence-electron chi connectivity index (χ3n) is 12.7. The number of aliphatic hydroxyl groups excluding tert-OH is 1. The first-order valence-electron chi connectivity index (χ1n) is 27.0. The fraction of sp³-hybridized carbons (Fsp3) is 0.902. The van der Waals surface area contributed by atoms with Gasteiger partial charge in [0.05, 0.1) is 13.0 Å². The maximum Gasteiger partial charge on any atom is 0.470 e. The molecule has 16 nitrogen and oxygen atoms in total. The highest BCUT2D eigenvalue weighted by Crippen LogP contribution is 2.42. The van der Waals surface area contributed by atoms with Gasteiger partial charge in [-0.3, -0.25) is 28.5 Å². The maximum absolute atomic E-state index is 15.6. The normalized spacial score (nSPS) is 18.8. The minimum atomic E-state index is -5.56. The summed E-state index contributed by atoms with van der Waals surface area (Å²) in [5, 5.41) is 21.4. The average Bonchev–Trinajstić information content (AvgIpc) is 3.29. The minimum Gasteiger partial charge on any atom is -0.481 e. The van der Waals surface area contributed by atoms with Crippen LogP contribution in [0.15, 0.2) is 0 Å². The molecule has 1 rings (SSSR count). The van der Waals surface area contributed by atoms with Crippen molar-refractivity contribution in [1.82, 2.24) is 5.32 Å². The number of carbonyl (C=O) groups is 5. The zero-order chi connectivity index (χ0) is 52.0. The van der Waals surface area contributed by atoms with Crippen LogP contribution in [0.5, 0.6) is 0 Å². The summed E-state index contributed by atoms with van der Waals surface area (Å²) in [5.74, 6) is -10.8. The van der Waals surface area contributed by atoms with Crippen molar-refractivity contribution in [3.63, 3.8) is 0 Å². The Kier molecular flexibility index (Phi) is 37.0. The molecule has 0 radical (unpaired) electrons. The number of carboxylic acids is 1. The average molecular weight is 1030 g/mol. The van der Waals surface area contributed by atoms with Crippen molar-refractivity contribution in [2.24, 2.45) is 0 Å². The molecule has 0 aromatic heterocycles. The standard InChI is InChI=1S/C51H92F2NO15P/c1-4-7-10-13-16-19-21-23-26-29-32-35-43(58)65-40(34-31-28-25-22-18-15-12-9-6-3)37-44(59)67-48-46(54-50(61)51(52,53)36-33-30-27-24-20-17-14-11-8-5-2)49(68-45(60)38-42(56)57)66-41(39-55)47(48)69-70(62,63)64/h40-41,46-49,55H,4-39H2,1-3H3,(H,54,61)(H,56,57)(H2,62,63,64)/t40-,41-,46-,47-,48-,49-/m1/s1. The zero-order valence-electron chi connectivity index (χ0n) is 42.9. The first-order valence-corrected chi connectivity index (χ1v) is 28.5. The number of unbranched alkanes of at least 4 members (excludes halogenated alkanes) is 27. The predicted octanol–water partition coefficient (Wildman–Crippen LogP) is 11.5. The van der Waals surface area contributed by atoms with E-state index in [4.69, 9.17) is 23.5 Å². The number of carboxylic acid groups (broad SMARTS) is 1. The zero-order valence-corrected chi connectivity index (χ0v) is 43.8. The molecule has 0 aliphatic carbocycles. The van der Waals surface area contributed by atoms with Crippen LogP contribution in [-0.4, -0.2) is 99.1 Å². The molecule has 0 spiro atoms. The Labute approximate surface area is 417 Å². The van der Waals surface area contributed by atoms with Gasteiger partial charge in [-0.1, -0.05) is 194 Å². The van der Waals surface area contributed by atoms with Crippen LogP contribution in [0.25, 0.3) is 0 Å². The Hall–Kier alpha value is -2.76. The number of rotatable bonds is 45. The third kappa shape index (κ3) is 32.3. The van der Waals surface area contributed by atoms with E-state index in [0.29, 0.717) is 25.7 Å². The van der Waals surface area contributed by atoms with E-state index in [1.165, 1.54) is 51.4 Å². The first-order chi connectivity index (χ1) is 33.5. The van der Waals surface area contributed by atoms with Gasteiger partial charge in [-0.15, -0.1) is 0 Å². The molecule has 5 N–H and O–H groups in total. The summed E-state index contributed by atoms with van der Waals surface area (Å²) in [7, 11) is -5.56. The monoisotopic (exact) mass is 1030 g/mol. The highest BCUT2D eigenvalue weighted by atomic mass is 31.2. The molecule has 0 aromatic carbocycles. The lowest BCUT2D eigenvalue weighted by atomic mass is 9.95. The van der Waals surface area contributed by atoms with Crippen molar-refractivity contribution in [2.45, 2.75) is 288 Å². The summed E-state index contributed by atoms with van der Waals surface area (Å²) >= 11 is 0. The van der Waals surface area contributed by atoms with Crippen molar-refractivity contribution in [3.8, 4) is 0 Å². The van der Waals surface area contributed by atoms with Crippen LogP contribution in [0.1, 0.15) is 245 Å². The van der Waals surface area contributed by atoms with Gasteiger partial charge in [-0.2, -0.15) is 8.78 Å². The Balaban J connectivity index is 3.28. The van der Waals surface area contributed by atoms with Crippen LogP contribution >= 0.6 is 7.82 Å². The van der Waals surface area contributed by atoms with Gasteiger partial charge in [0.15, 0.2) is 6.10 Å². The highest BCUT2D eigenvalue weighted by molar-refractivity contribution is 7.46. The summed E-state index contributed by atoms with van der Waals surface area (Å²) in [6.07, 6.45) is 17.4. The molecular formula is C51H92F2NO15P. The summed E-state index contributed by atoms with van der Waals surface area (Å²) < 4.78 is 70.5. The second kappa shape index (κ2) is 39.7. The number of alkyl halides is 2. The van der Waals surface area contributed by atoms with Gasteiger partial charge in [0.25, 0.3) is 5.91 Å². The lowest BCUT2D eigenvalue weighted by Crippen LogP contribution is -2.67. The maximum atomic E-state index is 15.6. The van der Waals surface area contributed by atoms with Gasteiger partial charge in [-0.05, 0) is 25.7 Å². The smallest absolute Gasteiger partial charge is 0.470 e. The minimum absolute atomic E-state index is 0.0400. The number of aliphatic carboxylic acids is 1. The number of ether oxygens (including phenoxy) is 4. The Morgan fingerprint density at radius 3 is 1.50 bits per heavy atom. The number of esters is 3. The molecule has 0 unspecified atom stereocenters. The molecule has 1 amide bonds. The van der Waals surface area contributed by atoms with E-state index in [1.807, 2.05) is 5.32 Å². The second-order valence-corrected chi connectivity index (χ2v) is 20.3. The van der Waals surface area contributed by atoms with Gasteiger partial charge in [-0.25, -0.2) is 4.57 Å². The van der Waals surface area contributed by atoms with Gasteiger partial charge >= 0.3 is 37.6 Å². The molecule has 0 saturated carbocycles. The van der Waals surface area contributed by atoms with Gasteiger partial charge in [0.2, 0.25) is 6.29 Å². The van der Waals surface area contributed by atoms with Crippen molar-refractivity contribution in [1.29, 1.82) is 0 Å². The molecule has 1 heterocycles. The van der Waals surface area contributed by atoms with E-state index >= 15 is 8.78 Å². The number of hydrogen-bond donors (Lipinski definition) is 5. The lowest BCUT2D eigenvalue weighted by molar-refractivity contribution is -0.265. The number of amides is 1. The molecule has 0 bridgehead atoms. The molecule has 1 aliphatic rings. The summed E-state index contributed by atoms with van der Waals surface area (Å²) in [5.41, 5.74) is 0. The fourth-order valence-corrected chi connectivity index (χ4v) is 9.25. The molecule has 70 heavy (non-hydrogen) atoms. The van der Waals surface area contributed by atoms with Crippen molar-refractivity contribution in [3.05, 3.63) is 0 Å². The topological polar surface area (TPSA) is 242 Å². The Morgan fingerprint density at radius 1 is 0.614 bits per heavy atom. The van der Waals surface area contributed by atoms with E-state index < -0.39 is 106 Å². The fourth-order valence-electron chi connectivity index (χ4n) is 8.68. The predicted molar refractivity (Wildman–Crippen MR) is 262 cm³/mol. The quantitative estimate of drug-likeness (QED) is 0.0125. The van der Waals surface area contributed by atoms with E-state index in [2.05, 4.69) is 20.8 Å². The van der Waals surface area contributed by atoms with E-state index in [1.54, 1.807) is 0 Å². The molecule has 1 saturated heterocycles. The summed E-state index contributed by atoms with van der Waals surface area (Å²) in [4.78, 5) is 84.3. The number of halogens is 2. The van der Waals surface area contributed by atoms with Crippen LogP contribution in [0.2, 0.25) is 0 Å². The van der Waals surface area contributed by atoms with Crippen molar-refractivity contribution in [2.75, 3.05) is 6.61 Å². The van der Waals surface area contributed by atoms with Gasteiger partial charge in [0.1, 0.15) is 30.8 Å². The molecule has 1 fully saturated rings. The lowest BCUT2D eigenvalue weighted by Gasteiger charge is -2.45. The molecule has 6 atom stereocenters. The SMILES string of the molecule is CCCCCCCCCCCCCC(=O)O[C@H](CCCCCCCCCCC)CC(=O)O[C@@H]1[C@@H](NC(=O)C(F)(F)CCCCCCCCCCCC)[C@@H](OC(=O)CC(=O)O)O[C@H](CO)[C@H]1OP(=O)(O)O. The number of phosphoric ester groups is 1. The third-order valence-corrected chi connectivity index (χ3v) is 13.2. The molecule has 410 valence electrons. The first kappa shape index (κ1) is 65.3. The summed E-state index contributed by atoms with van der Waals surface area (Å²) in [6, 6.07) is -2.17. The van der Waals surface area contributed by atoms with Crippen molar-refractivity contribution < 1.29 is 80.8 Å². The largest absolute Gasteiger partial charge is 0.481 e. The molecule has 0 aromatic rings. The van der Waals surface area contributed by atoms with Crippen LogP contribution in [0, 0.1) is 0 Å². The number of hydrogen-bond acceptors (Lipinski definition) is 12. The van der Waals surface area contributed by atoms with Gasteiger partial charge < -0.3 is 44.3 Å². The second-order valence-electron chi connectivity index (χ2n) is 19.2. The van der Waals surface area contributed by atoms with Gasteiger partial charge in [0, 0.05) is 12.8 Å². The number of carbonyl (C=O) groups excluding carboxylic acids is 4. The van der Waals surface area contributed by atoms with Crippen LogP contribution in [-0.2, 0) is 52.0 Å². The molecule has 19 heteroatoms. The van der Waals surface area contributed by atoms with Crippen LogP contribution in [0.3, 0.4) is 0 Å². The number of phosphoric acid groups is 1. The van der Waals surface area contributed by atoms with Crippen molar-refractivity contribution >= 4 is 37.6 Å². The van der Waals surface area contributed by atoms with E-state index in [9.17, 15) is 48.5 Å². The van der Waals surface area contributed by atoms with E-state index in [0.717, 1.165) is 109 Å². The summed E-state index contributed by atoms with van der Waals surface area (Å²) in [6.45, 7) is 5.34. The molecular weight excluding hydrogens is 936 g/mol. The number of aliphatic hydroxyl groups is 1. The molecule has 1 aliphatic heterocycles. The van der Waals surface area contributed by atoms with Crippen LogP contribution < -0.4 is 5.32 Å². The Morgan fingerprint density at radius 2 is 1.06 bits per heavy atom. The Bertz CT molecular complexity index is 1470. The van der Waals surface area contributed by atoms with E-state index in [-0.39, 0.29) is 19.3 Å². The van der Waals surface area contributed by atoms with Crippen LogP contribution in [0.4, 0.5) is 8.78 Å². The highest BCUT2D eigenvalue weighted by Gasteiger charge is 2.54. The number of nitrogens with one attached hydrogen (secondary N) is 1.